The van der Waals surface area contributed by atoms with Crippen LogP contribution in [0, 0.1) is 6.92 Å². The molecule has 0 saturated carbocycles. The van der Waals surface area contributed by atoms with E-state index in [2.05, 4.69) is 17.6 Å². The molecule has 2 atom stereocenters. The van der Waals surface area contributed by atoms with Crippen molar-refractivity contribution in [2.45, 2.75) is 51.7 Å². The van der Waals surface area contributed by atoms with Crippen LogP contribution in [0.4, 0.5) is 0 Å². The first-order valence-electron chi connectivity index (χ1n) is 13.2. The van der Waals surface area contributed by atoms with Gasteiger partial charge in [0.25, 0.3) is 5.91 Å². The third-order valence-corrected chi connectivity index (χ3v) is 7.37. The number of thioether (sulfide) groups is 1. The zero-order chi connectivity index (χ0) is 27.5. The van der Waals surface area contributed by atoms with E-state index in [1.54, 1.807) is 17.8 Å². The van der Waals surface area contributed by atoms with Gasteiger partial charge in [0, 0.05) is 25.2 Å². The van der Waals surface area contributed by atoms with E-state index in [9.17, 15) is 19.5 Å². The highest BCUT2D eigenvalue weighted by Gasteiger charge is 2.26. The SMILES string of the molecule is CCCC(NCc1ccc(C(=O)N[C@@H](CCSC)C(=O)O)c(-c2ccccc2C)c1)C(=O)N1CCOCC1. The lowest BCUT2D eigenvalue weighted by Gasteiger charge is -2.31. The Morgan fingerprint density at radius 2 is 1.79 bits per heavy atom. The number of nitrogens with zero attached hydrogens (tertiary/aromatic N) is 1. The minimum absolute atomic E-state index is 0.0928. The second kappa shape index (κ2) is 14.9. The van der Waals surface area contributed by atoms with Gasteiger partial charge in [-0.05, 0) is 66.2 Å². The van der Waals surface area contributed by atoms with Gasteiger partial charge in [0.1, 0.15) is 6.04 Å². The van der Waals surface area contributed by atoms with E-state index in [4.69, 9.17) is 4.74 Å². The summed E-state index contributed by atoms with van der Waals surface area (Å²) in [6, 6.07) is 12.1. The second-order valence-electron chi connectivity index (χ2n) is 9.50. The van der Waals surface area contributed by atoms with Gasteiger partial charge < -0.3 is 25.4 Å². The van der Waals surface area contributed by atoms with Crippen LogP contribution in [0.25, 0.3) is 11.1 Å². The predicted octanol–water partition coefficient (Wildman–Crippen LogP) is 3.72. The summed E-state index contributed by atoms with van der Waals surface area (Å²) in [5, 5.41) is 15.7. The van der Waals surface area contributed by atoms with E-state index in [1.807, 2.05) is 54.5 Å². The summed E-state index contributed by atoms with van der Waals surface area (Å²) < 4.78 is 5.39. The highest BCUT2D eigenvalue weighted by atomic mass is 32.2. The number of amides is 2. The van der Waals surface area contributed by atoms with E-state index in [1.165, 1.54) is 0 Å². The number of hydrogen-bond donors (Lipinski definition) is 3. The third-order valence-electron chi connectivity index (χ3n) is 6.73. The van der Waals surface area contributed by atoms with Crippen LogP contribution >= 0.6 is 11.8 Å². The minimum Gasteiger partial charge on any atom is -0.480 e. The smallest absolute Gasteiger partial charge is 0.326 e. The van der Waals surface area contributed by atoms with Gasteiger partial charge in [-0.25, -0.2) is 4.79 Å². The highest BCUT2D eigenvalue weighted by molar-refractivity contribution is 7.98. The van der Waals surface area contributed by atoms with Crippen LogP contribution in [0.1, 0.15) is 47.7 Å². The first-order valence-corrected chi connectivity index (χ1v) is 14.6. The van der Waals surface area contributed by atoms with Gasteiger partial charge in [0.2, 0.25) is 5.91 Å². The Labute approximate surface area is 229 Å². The van der Waals surface area contributed by atoms with Crippen molar-refractivity contribution in [1.82, 2.24) is 15.5 Å². The number of carboxylic acid groups (broad SMARTS) is 1. The van der Waals surface area contributed by atoms with Gasteiger partial charge in [-0.1, -0.05) is 43.7 Å². The molecular formula is C29H39N3O5S. The lowest BCUT2D eigenvalue weighted by molar-refractivity contribution is -0.139. The number of benzene rings is 2. The molecule has 1 aliphatic heterocycles. The van der Waals surface area contributed by atoms with Crippen molar-refractivity contribution in [1.29, 1.82) is 0 Å². The largest absolute Gasteiger partial charge is 0.480 e. The van der Waals surface area contributed by atoms with E-state index in [0.29, 0.717) is 50.6 Å². The number of aryl methyl sites for hydroxylation is 1. The second-order valence-corrected chi connectivity index (χ2v) is 10.5. The Morgan fingerprint density at radius 1 is 1.05 bits per heavy atom. The number of carbonyl (C=O) groups is 3. The maximum absolute atomic E-state index is 13.3. The third kappa shape index (κ3) is 8.06. The molecule has 1 fully saturated rings. The number of ether oxygens (including phenoxy) is 1. The summed E-state index contributed by atoms with van der Waals surface area (Å²) in [6.45, 7) is 6.86. The molecule has 3 rings (SSSR count). The van der Waals surface area contributed by atoms with Crippen molar-refractivity contribution in [3.8, 4) is 11.1 Å². The molecule has 1 heterocycles. The Hall–Kier alpha value is -2.88. The number of hydrogen-bond acceptors (Lipinski definition) is 6. The molecule has 0 aliphatic carbocycles. The van der Waals surface area contributed by atoms with Crippen LogP contribution < -0.4 is 10.6 Å². The standard InChI is InChI=1S/C29H39N3O5S/c1-4-7-25(28(34)32-13-15-37-16-14-32)30-19-21-10-11-23(24(18-21)22-9-6-5-8-20(22)2)27(33)31-26(29(35)36)12-17-38-3/h5-6,8-11,18,25-26,30H,4,7,12-17,19H2,1-3H3,(H,31,33)(H,35,36)/t25?,26-/m0/s1. The number of morpholine rings is 1. The van der Waals surface area contributed by atoms with Crippen molar-refractivity contribution in [2.75, 3.05) is 38.3 Å². The first-order chi connectivity index (χ1) is 18.3. The zero-order valence-electron chi connectivity index (χ0n) is 22.5. The van der Waals surface area contributed by atoms with Crippen LogP contribution in [0.5, 0.6) is 0 Å². The van der Waals surface area contributed by atoms with Gasteiger partial charge >= 0.3 is 5.97 Å². The summed E-state index contributed by atoms with van der Waals surface area (Å²) in [5.41, 5.74) is 4.02. The number of aliphatic carboxylic acids is 1. The molecule has 2 aromatic rings. The van der Waals surface area contributed by atoms with Crippen molar-refractivity contribution in [3.05, 3.63) is 59.2 Å². The summed E-state index contributed by atoms with van der Waals surface area (Å²) >= 11 is 1.54. The summed E-state index contributed by atoms with van der Waals surface area (Å²) in [5.74, 6) is -0.732. The van der Waals surface area contributed by atoms with Crippen LogP contribution in [0.2, 0.25) is 0 Å². The topological polar surface area (TPSA) is 108 Å². The summed E-state index contributed by atoms with van der Waals surface area (Å²) in [6.07, 6.45) is 3.86. The predicted molar refractivity (Wildman–Crippen MR) is 151 cm³/mol. The zero-order valence-corrected chi connectivity index (χ0v) is 23.3. The molecule has 1 saturated heterocycles. The fourth-order valence-corrected chi connectivity index (χ4v) is 5.04. The van der Waals surface area contributed by atoms with Crippen molar-refractivity contribution in [3.63, 3.8) is 0 Å². The molecule has 0 radical (unpaired) electrons. The molecule has 0 aromatic heterocycles. The van der Waals surface area contributed by atoms with Crippen LogP contribution in [0.3, 0.4) is 0 Å². The number of rotatable bonds is 13. The van der Waals surface area contributed by atoms with Crippen molar-refractivity contribution >= 4 is 29.5 Å². The first kappa shape index (κ1) is 29.7. The molecular weight excluding hydrogens is 502 g/mol. The molecule has 1 aliphatic rings. The minimum atomic E-state index is -1.04. The molecule has 0 bridgehead atoms. The normalized spacial score (nSPS) is 15.1. The van der Waals surface area contributed by atoms with Gasteiger partial charge in [0.05, 0.1) is 19.3 Å². The molecule has 206 valence electrons. The van der Waals surface area contributed by atoms with Crippen molar-refractivity contribution in [2.24, 2.45) is 0 Å². The maximum Gasteiger partial charge on any atom is 0.326 e. The fourth-order valence-electron chi connectivity index (χ4n) is 4.57. The van der Waals surface area contributed by atoms with Gasteiger partial charge in [-0.15, -0.1) is 0 Å². The number of carboxylic acids is 1. The fraction of sp³-hybridized carbons (Fsp3) is 0.483. The molecule has 0 spiro atoms. The average molecular weight is 542 g/mol. The molecule has 8 nitrogen and oxygen atoms in total. The quantitative estimate of drug-likeness (QED) is 0.355. The summed E-state index contributed by atoms with van der Waals surface area (Å²) in [7, 11) is 0. The monoisotopic (exact) mass is 541 g/mol. The highest BCUT2D eigenvalue weighted by Crippen LogP contribution is 2.28. The van der Waals surface area contributed by atoms with E-state index < -0.39 is 17.9 Å². The molecule has 3 N–H and O–H groups in total. The van der Waals surface area contributed by atoms with Gasteiger partial charge in [-0.2, -0.15) is 11.8 Å². The lowest BCUT2D eigenvalue weighted by atomic mass is 9.93. The molecule has 2 amide bonds. The van der Waals surface area contributed by atoms with E-state index in [0.717, 1.165) is 35.1 Å². The Kier molecular flexibility index (Phi) is 11.6. The lowest BCUT2D eigenvalue weighted by Crippen LogP contribution is -2.50. The van der Waals surface area contributed by atoms with Gasteiger partial charge in [0.15, 0.2) is 0 Å². The van der Waals surface area contributed by atoms with Crippen LogP contribution in [-0.2, 0) is 20.9 Å². The van der Waals surface area contributed by atoms with E-state index >= 15 is 0 Å². The van der Waals surface area contributed by atoms with Crippen LogP contribution in [-0.4, -0.2) is 78.2 Å². The average Bonchev–Trinajstić information content (AvgIpc) is 2.93. The summed E-state index contributed by atoms with van der Waals surface area (Å²) in [4.78, 5) is 40.0. The molecule has 38 heavy (non-hydrogen) atoms. The molecule has 9 heteroatoms. The number of nitrogens with one attached hydrogen (secondary N) is 2. The Balaban J connectivity index is 1.85. The number of carbonyl (C=O) groups excluding carboxylic acids is 2. The van der Waals surface area contributed by atoms with Crippen molar-refractivity contribution < 1.29 is 24.2 Å². The van der Waals surface area contributed by atoms with E-state index in [-0.39, 0.29) is 11.9 Å². The maximum atomic E-state index is 13.3. The Bertz CT molecular complexity index is 1100. The molecule has 2 aromatic carbocycles. The van der Waals surface area contributed by atoms with Crippen LogP contribution in [0.15, 0.2) is 42.5 Å². The molecule has 1 unspecified atom stereocenters. The Morgan fingerprint density at radius 3 is 2.45 bits per heavy atom. The van der Waals surface area contributed by atoms with Gasteiger partial charge in [-0.3, -0.25) is 9.59 Å².